The monoisotopic (exact) mass is 329 g/mol. The molecule has 0 aliphatic carbocycles. The van der Waals surface area contributed by atoms with Gasteiger partial charge in [0.2, 0.25) is 0 Å². The molecular formula is C19H27N3O2. The molecule has 2 amide bonds. The van der Waals surface area contributed by atoms with Gasteiger partial charge in [0.05, 0.1) is 18.6 Å². The van der Waals surface area contributed by atoms with Gasteiger partial charge in [0, 0.05) is 25.4 Å². The van der Waals surface area contributed by atoms with Crippen molar-refractivity contribution in [2.45, 2.75) is 52.1 Å². The second kappa shape index (κ2) is 8.70. The topological polar surface area (TPSA) is 65.4 Å². The van der Waals surface area contributed by atoms with Gasteiger partial charge in [0.15, 0.2) is 0 Å². The SMILES string of the molecule is Cc1cccc(C(C)C)c1NC(=O)N(CCC#N)CC1CCCO1. The Bertz CT molecular complexity index is 601. The Labute approximate surface area is 144 Å². The van der Waals surface area contributed by atoms with Gasteiger partial charge in [-0.2, -0.15) is 5.26 Å². The minimum Gasteiger partial charge on any atom is -0.376 e. The summed E-state index contributed by atoms with van der Waals surface area (Å²) in [5.74, 6) is 0.325. The van der Waals surface area contributed by atoms with Crippen LogP contribution < -0.4 is 5.32 Å². The van der Waals surface area contributed by atoms with Crippen LogP contribution in [-0.4, -0.2) is 36.7 Å². The highest BCUT2D eigenvalue weighted by Crippen LogP contribution is 2.27. The number of carbonyl (C=O) groups excluding carboxylic acids is 1. The van der Waals surface area contributed by atoms with Crippen LogP contribution in [-0.2, 0) is 4.74 Å². The van der Waals surface area contributed by atoms with Gasteiger partial charge in [-0.05, 0) is 36.8 Å². The van der Waals surface area contributed by atoms with Crippen molar-refractivity contribution in [2.75, 3.05) is 25.0 Å². The van der Waals surface area contributed by atoms with Crippen LogP contribution in [0, 0.1) is 18.3 Å². The molecule has 2 rings (SSSR count). The number of amides is 2. The van der Waals surface area contributed by atoms with Gasteiger partial charge in [-0.15, -0.1) is 0 Å². The van der Waals surface area contributed by atoms with Gasteiger partial charge in [-0.25, -0.2) is 4.79 Å². The van der Waals surface area contributed by atoms with Crippen molar-refractivity contribution < 1.29 is 9.53 Å². The van der Waals surface area contributed by atoms with E-state index < -0.39 is 0 Å². The molecule has 130 valence electrons. The van der Waals surface area contributed by atoms with E-state index in [0.29, 0.717) is 25.4 Å². The highest BCUT2D eigenvalue weighted by Gasteiger charge is 2.23. The molecule has 0 saturated carbocycles. The number of ether oxygens (including phenoxy) is 1. The van der Waals surface area contributed by atoms with Crippen LogP contribution in [0.25, 0.3) is 0 Å². The first-order chi connectivity index (χ1) is 11.5. The lowest BCUT2D eigenvalue weighted by molar-refractivity contribution is 0.0841. The number of hydrogen-bond donors (Lipinski definition) is 1. The quantitative estimate of drug-likeness (QED) is 0.856. The number of carbonyl (C=O) groups is 1. The van der Waals surface area contributed by atoms with Crippen LogP contribution in [0.1, 0.15) is 50.2 Å². The van der Waals surface area contributed by atoms with Crippen LogP contribution in [0.3, 0.4) is 0 Å². The van der Waals surface area contributed by atoms with E-state index in [-0.39, 0.29) is 12.1 Å². The molecule has 0 bridgehead atoms. The summed E-state index contributed by atoms with van der Waals surface area (Å²) < 4.78 is 5.64. The van der Waals surface area contributed by atoms with E-state index in [0.717, 1.165) is 36.3 Å². The smallest absolute Gasteiger partial charge is 0.321 e. The first kappa shape index (κ1) is 18.3. The first-order valence-electron chi connectivity index (χ1n) is 8.67. The summed E-state index contributed by atoms with van der Waals surface area (Å²) in [4.78, 5) is 14.5. The molecule has 1 aliphatic rings. The van der Waals surface area contributed by atoms with E-state index in [1.807, 2.05) is 25.1 Å². The zero-order valence-corrected chi connectivity index (χ0v) is 14.8. The van der Waals surface area contributed by atoms with Crippen molar-refractivity contribution in [1.29, 1.82) is 5.26 Å². The summed E-state index contributed by atoms with van der Waals surface area (Å²) in [6.45, 7) is 7.95. The van der Waals surface area contributed by atoms with E-state index in [1.165, 1.54) is 0 Å². The number of para-hydroxylation sites is 1. The molecule has 5 heteroatoms. The van der Waals surface area contributed by atoms with E-state index in [2.05, 4.69) is 25.2 Å². The van der Waals surface area contributed by atoms with E-state index >= 15 is 0 Å². The fourth-order valence-corrected chi connectivity index (χ4v) is 3.02. The third kappa shape index (κ3) is 4.72. The average molecular weight is 329 g/mol. The number of rotatable bonds is 6. The molecular weight excluding hydrogens is 302 g/mol. The molecule has 5 nitrogen and oxygen atoms in total. The summed E-state index contributed by atoms with van der Waals surface area (Å²) in [5.41, 5.74) is 3.05. The maximum atomic E-state index is 12.8. The third-order valence-corrected chi connectivity index (χ3v) is 4.39. The van der Waals surface area contributed by atoms with Crippen molar-refractivity contribution in [2.24, 2.45) is 0 Å². The zero-order valence-electron chi connectivity index (χ0n) is 14.8. The standard InChI is InChI=1S/C19H27N3O2/c1-14(2)17-9-4-7-15(3)18(17)21-19(23)22(11-6-10-20)13-16-8-5-12-24-16/h4,7,9,14,16H,5-6,8,11-13H2,1-3H3,(H,21,23). The number of urea groups is 1. The molecule has 0 aromatic heterocycles. The number of nitrogens with zero attached hydrogens (tertiary/aromatic N) is 2. The van der Waals surface area contributed by atoms with Crippen molar-refractivity contribution in [3.63, 3.8) is 0 Å². The van der Waals surface area contributed by atoms with Crippen molar-refractivity contribution in [3.05, 3.63) is 29.3 Å². The number of benzene rings is 1. The summed E-state index contributed by atoms with van der Waals surface area (Å²) in [7, 11) is 0. The van der Waals surface area contributed by atoms with Gasteiger partial charge < -0.3 is 15.0 Å². The maximum Gasteiger partial charge on any atom is 0.321 e. The minimum atomic E-state index is -0.156. The fraction of sp³-hybridized carbons (Fsp3) is 0.579. The van der Waals surface area contributed by atoms with Crippen molar-refractivity contribution >= 4 is 11.7 Å². The van der Waals surface area contributed by atoms with Crippen LogP contribution in [0.5, 0.6) is 0 Å². The van der Waals surface area contributed by atoms with E-state index in [4.69, 9.17) is 10.00 Å². The first-order valence-corrected chi connectivity index (χ1v) is 8.67. The predicted octanol–water partition coefficient (Wildman–Crippen LogP) is 4.05. The second-order valence-electron chi connectivity index (χ2n) is 6.61. The summed E-state index contributed by atoms with van der Waals surface area (Å²) in [6, 6.07) is 8.03. The lowest BCUT2D eigenvalue weighted by Crippen LogP contribution is -2.41. The molecule has 1 aromatic rings. The zero-order chi connectivity index (χ0) is 17.5. The maximum absolute atomic E-state index is 12.8. The van der Waals surface area contributed by atoms with Gasteiger partial charge in [0.1, 0.15) is 0 Å². The summed E-state index contributed by atoms with van der Waals surface area (Å²) in [6.07, 6.45) is 2.41. The largest absolute Gasteiger partial charge is 0.376 e. The Morgan fingerprint density at radius 1 is 1.50 bits per heavy atom. The normalized spacial score (nSPS) is 16.9. The molecule has 1 atom stereocenters. The Morgan fingerprint density at radius 2 is 2.29 bits per heavy atom. The van der Waals surface area contributed by atoms with E-state index in [9.17, 15) is 4.79 Å². The number of nitrogens with one attached hydrogen (secondary N) is 1. The van der Waals surface area contributed by atoms with Crippen LogP contribution in [0.15, 0.2) is 18.2 Å². The number of anilines is 1. The molecule has 1 aliphatic heterocycles. The molecule has 1 fully saturated rings. The minimum absolute atomic E-state index is 0.0795. The lowest BCUT2D eigenvalue weighted by atomic mass is 9.98. The number of hydrogen-bond acceptors (Lipinski definition) is 3. The fourth-order valence-electron chi connectivity index (χ4n) is 3.02. The molecule has 1 heterocycles. The predicted molar refractivity (Wildman–Crippen MR) is 95.1 cm³/mol. The molecule has 24 heavy (non-hydrogen) atoms. The lowest BCUT2D eigenvalue weighted by Gasteiger charge is -2.26. The summed E-state index contributed by atoms with van der Waals surface area (Å²) in [5, 5.41) is 11.9. The van der Waals surface area contributed by atoms with Crippen LogP contribution in [0.2, 0.25) is 0 Å². The Kier molecular flexibility index (Phi) is 6.62. The Balaban J connectivity index is 2.13. The highest BCUT2D eigenvalue weighted by atomic mass is 16.5. The molecule has 0 spiro atoms. The molecule has 1 unspecified atom stereocenters. The second-order valence-corrected chi connectivity index (χ2v) is 6.61. The number of nitriles is 1. The Morgan fingerprint density at radius 3 is 2.92 bits per heavy atom. The van der Waals surface area contributed by atoms with Crippen molar-refractivity contribution in [3.8, 4) is 6.07 Å². The summed E-state index contributed by atoms with van der Waals surface area (Å²) >= 11 is 0. The van der Waals surface area contributed by atoms with Crippen LogP contribution in [0.4, 0.5) is 10.5 Å². The van der Waals surface area contributed by atoms with Gasteiger partial charge in [-0.1, -0.05) is 32.0 Å². The van der Waals surface area contributed by atoms with Crippen molar-refractivity contribution in [1.82, 2.24) is 4.90 Å². The molecule has 0 radical (unpaired) electrons. The number of aryl methyl sites for hydroxylation is 1. The molecule has 1 saturated heterocycles. The third-order valence-electron chi connectivity index (χ3n) is 4.39. The van der Waals surface area contributed by atoms with Gasteiger partial charge >= 0.3 is 6.03 Å². The van der Waals surface area contributed by atoms with Gasteiger partial charge in [-0.3, -0.25) is 0 Å². The van der Waals surface area contributed by atoms with Gasteiger partial charge in [0.25, 0.3) is 0 Å². The molecule has 1 N–H and O–H groups in total. The van der Waals surface area contributed by atoms with Crippen LogP contribution >= 0.6 is 0 Å². The average Bonchev–Trinajstić information content (AvgIpc) is 3.06. The Hall–Kier alpha value is -2.06. The van der Waals surface area contributed by atoms with E-state index in [1.54, 1.807) is 4.90 Å². The highest BCUT2D eigenvalue weighted by molar-refractivity contribution is 5.91. The molecule has 1 aromatic carbocycles.